The zero-order valence-corrected chi connectivity index (χ0v) is 17.9. The lowest BCUT2D eigenvalue weighted by Crippen LogP contribution is -2.28. The summed E-state index contributed by atoms with van der Waals surface area (Å²) in [6.07, 6.45) is 0.701. The first-order valence-corrected chi connectivity index (χ1v) is 11.3. The number of nitrogens with one attached hydrogen (secondary N) is 1. The van der Waals surface area contributed by atoms with Gasteiger partial charge in [-0.05, 0) is 41.8 Å². The number of thioether (sulfide) groups is 1. The Bertz CT molecular complexity index is 1070. The highest BCUT2D eigenvalue weighted by Crippen LogP contribution is 2.42. The second-order valence-corrected chi connectivity index (χ2v) is 8.43. The van der Waals surface area contributed by atoms with Gasteiger partial charge in [0.05, 0.1) is 17.4 Å². The molecule has 3 aromatic rings. The van der Waals surface area contributed by atoms with Crippen LogP contribution < -0.4 is 10.2 Å². The van der Waals surface area contributed by atoms with Crippen LogP contribution in [0.5, 0.6) is 0 Å². The van der Waals surface area contributed by atoms with E-state index < -0.39 is 5.82 Å². The molecular weight excluding hydrogens is 411 g/mol. The third-order valence-corrected chi connectivity index (χ3v) is 6.58. The first-order valence-electron chi connectivity index (χ1n) is 10.2. The van der Waals surface area contributed by atoms with Gasteiger partial charge in [-0.25, -0.2) is 4.39 Å². The normalized spacial score (nSPS) is 16.9. The molecule has 1 saturated heterocycles. The standard InChI is InChI=1S/C25H23FN2O2S/c1-2-20(17-8-4-3-5-9-17)24(30)27-19-14-12-18(13-15-19)25-28(23(29)16-31-25)22-11-7-6-10-21(22)26/h3-15,20,25H,2,16H2,1H3,(H,27,30)/t20-,25+/m0/s1. The van der Waals surface area contributed by atoms with Crippen LogP contribution in [0.2, 0.25) is 0 Å². The van der Waals surface area contributed by atoms with Crippen molar-refractivity contribution in [2.75, 3.05) is 16.0 Å². The Hall–Kier alpha value is -3.12. The first-order chi connectivity index (χ1) is 15.1. The van der Waals surface area contributed by atoms with Crippen LogP contribution in [-0.4, -0.2) is 17.6 Å². The smallest absolute Gasteiger partial charge is 0.238 e. The molecule has 2 atom stereocenters. The Morgan fingerprint density at radius 2 is 1.74 bits per heavy atom. The molecule has 1 fully saturated rings. The van der Waals surface area contributed by atoms with Crippen LogP contribution in [0.4, 0.5) is 15.8 Å². The van der Waals surface area contributed by atoms with Crippen molar-refractivity contribution in [3.8, 4) is 0 Å². The molecule has 0 radical (unpaired) electrons. The lowest BCUT2D eigenvalue weighted by atomic mass is 9.95. The number of rotatable bonds is 6. The van der Waals surface area contributed by atoms with Crippen LogP contribution in [0.1, 0.15) is 35.8 Å². The van der Waals surface area contributed by atoms with E-state index in [0.717, 1.165) is 11.1 Å². The Morgan fingerprint density at radius 3 is 2.42 bits per heavy atom. The fraction of sp³-hybridized carbons (Fsp3) is 0.200. The number of benzene rings is 3. The SMILES string of the molecule is CC[C@H](C(=O)Nc1ccc([C@H]2SCC(=O)N2c2ccccc2F)cc1)c1ccccc1. The summed E-state index contributed by atoms with van der Waals surface area (Å²) in [7, 11) is 0. The van der Waals surface area contributed by atoms with Gasteiger partial charge in [0.25, 0.3) is 0 Å². The lowest BCUT2D eigenvalue weighted by Gasteiger charge is -2.25. The third-order valence-electron chi connectivity index (χ3n) is 5.37. The van der Waals surface area contributed by atoms with Crippen LogP contribution in [0, 0.1) is 5.82 Å². The summed E-state index contributed by atoms with van der Waals surface area (Å²) in [6, 6.07) is 23.4. The molecule has 0 aromatic heterocycles. The quantitative estimate of drug-likeness (QED) is 0.538. The van der Waals surface area contributed by atoms with Gasteiger partial charge in [-0.3, -0.25) is 14.5 Å². The fourth-order valence-corrected chi connectivity index (χ4v) is 4.97. The highest BCUT2D eigenvalue weighted by molar-refractivity contribution is 8.00. The maximum Gasteiger partial charge on any atom is 0.238 e. The minimum atomic E-state index is -0.418. The van der Waals surface area contributed by atoms with Gasteiger partial charge in [0, 0.05) is 5.69 Å². The molecule has 2 amide bonds. The van der Waals surface area contributed by atoms with E-state index >= 15 is 0 Å². The molecule has 0 bridgehead atoms. The maximum atomic E-state index is 14.3. The Kier molecular flexibility index (Phi) is 6.37. The number of amides is 2. The monoisotopic (exact) mass is 434 g/mol. The number of para-hydroxylation sites is 1. The van der Waals surface area contributed by atoms with E-state index in [1.165, 1.54) is 22.7 Å². The van der Waals surface area contributed by atoms with Crippen LogP contribution in [0.15, 0.2) is 78.9 Å². The number of carbonyl (C=O) groups is 2. The average molecular weight is 435 g/mol. The van der Waals surface area contributed by atoms with Crippen molar-refractivity contribution in [1.82, 2.24) is 0 Å². The topological polar surface area (TPSA) is 49.4 Å². The number of anilines is 2. The molecule has 1 aliphatic heterocycles. The Labute approximate surface area is 185 Å². The van der Waals surface area contributed by atoms with Gasteiger partial charge < -0.3 is 5.32 Å². The van der Waals surface area contributed by atoms with E-state index in [4.69, 9.17) is 0 Å². The van der Waals surface area contributed by atoms with Crippen molar-refractivity contribution >= 4 is 35.0 Å². The largest absolute Gasteiger partial charge is 0.326 e. The summed E-state index contributed by atoms with van der Waals surface area (Å²) in [5.74, 6) is -0.516. The molecule has 4 rings (SSSR count). The Morgan fingerprint density at radius 1 is 1.06 bits per heavy atom. The van der Waals surface area contributed by atoms with E-state index in [1.807, 2.05) is 61.5 Å². The number of halogens is 1. The minimum Gasteiger partial charge on any atom is -0.326 e. The number of carbonyl (C=O) groups excluding carboxylic acids is 2. The molecule has 0 aliphatic carbocycles. The highest BCUT2D eigenvalue weighted by atomic mass is 32.2. The summed E-state index contributed by atoms with van der Waals surface area (Å²) in [6.45, 7) is 1.99. The van der Waals surface area contributed by atoms with Crippen molar-refractivity contribution in [2.24, 2.45) is 0 Å². The second-order valence-electron chi connectivity index (χ2n) is 7.36. The van der Waals surface area contributed by atoms with Crippen LogP contribution in [0.25, 0.3) is 0 Å². The molecule has 6 heteroatoms. The average Bonchev–Trinajstić information content (AvgIpc) is 3.17. The highest BCUT2D eigenvalue weighted by Gasteiger charge is 2.35. The van der Waals surface area contributed by atoms with Crippen LogP contribution in [-0.2, 0) is 9.59 Å². The molecule has 0 unspecified atom stereocenters. The molecule has 4 nitrogen and oxygen atoms in total. The van der Waals surface area contributed by atoms with Gasteiger partial charge in [0.2, 0.25) is 11.8 Å². The van der Waals surface area contributed by atoms with Gasteiger partial charge in [0.15, 0.2) is 0 Å². The van der Waals surface area contributed by atoms with Crippen LogP contribution >= 0.6 is 11.8 Å². The van der Waals surface area contributed by atoms with Gasteiger partial charge >= 0.3 is 0 Å². The van der Waals surface area contributed by atoms with E-state index in [2.05, 4.69) is 5.32 Å². The molecule has 0 saturated carbocycles. The van der Waals surface area contributed by atoms with E-state index in [0.29, 0.717) is 17.9 Å². The maximum absolute atomic E-state index is 14.3. The Balaban J connectivity index is 1.51. The molecule has 1 aliphatic rings. The lowest BCUT2D eigenvalue weighted by molar-refractivity contribution is -0.118. The van der Waals surface area contributed by atoms with Gasteiger partial charge in [-0.2, -0.15) is 0 Å². The van der Waals surface area contributed by atoms with Gasteiger partial charge in [-0.15, -0.1) is 11.8 Å². The molecule has 158 valence electrons. The van der Waals surface area contributed by atoms with Crippen molar-refractivity contribution in [2.45, 2.75) is 24.6 Å². The predicted octanol–water partition coefficient (Wildman–Crippen LogP) is 5.74. The van der Waals surface area contributed by atoms with Gasteiger partial charge in [0.1, 0.15) is 11.2 Å². The molecule has 0 spiro atoms. The summed E-state index contributed by atoms with van der Waals surface area (Å²) in [5.41, 5.74) is 2.84. The van der Waals surface area contributed by atoms with E-state index in [1.54, 1.807) is 18.2 Å². The van der Waals surface area contributed by atoms with Crippen molar-refractivity contribution in [3.63, 3.8) is 0 Å². The first kappa shape index (κ1) is 21.1. The zero-order valence-electron chi connectivity index (χ0n) is 17.1. The van der Waals surface area contributed by atoms with E-state index in [-0.39, 0.29) is 28.8 Å². The van der Waals surface area contributed by atoms with Crippen molar-refractivity contribution in [3.05, 3.63) is 95.8 Å². The van der Waals surface area contributed by atoms with Crippen LogP contribution in [0.3, 0.4) is 0 Å². The predicted molar refractivity (Wildman–Crippen MR) is 124 cm³/mol. The van der Waals surface area contributed by atoms with Crippen molar-refractivity contribution < 1.29 is 14.0 Å². The van der Waals surface area contributed by atoms with E-state index in [9.17, 15) is 14.0 Å². The number of hydrogen-bond acceptors (Lipinski definition) is 3. The fourth-order valence-electron chi connectivity index (χ4n) is 3.80. The molecular formula is C25H23FN2O2S. The van der Waals surface area contributed by atoms with Gasteiger partial charge in [-0.1, -0.05) is 61.5 Å². The summed E-state index contributed by atoms with van der Waals surface area (Å²) < 4.78 is 14.3. The minimum absolute atomic E-state index is 0.0557. The number of hydrogen-bond donors (Lipinski definition) is 1. The number of nitrogens with zero attached hydrogens (tertiary/aromatic N) is 1. The third kappa shape index (κ3) is 4.49. The second kappa shape index (κ2) is 9.35. The zero-order chi connectivity index (χ0) is 21.8. The molecule has 31 heavy (non-hydrogen) atoms. The summed E-state index contributed by atoms with van der Waals surface area (Å²) in [5, 5.41) is 2.68. The summed E-state index contributed by atoms with van der Waals surface area (Å²) >= 11 is 1.46. The molecule has 1 heterocycles. The van der Waals surface area contributed by atoms with Crippen molar-refractivity contribution in [1.29, 1.82) is 0 Å². The molecule has 3 aromatic carbocycles. The summed E-state index contributed by atoms with van der Waals surface area (Å²) in [4.78, 5) is 26.8. The molecule has 1 N–H and O–H groups in total.